The molecule has 3 N–H and O–H groups in total. The van der Waals surface area contributed by atoms with E-state index in [0.29, 0.717) is 38.2 Å². The summed E-state index contributed by atoms with van der Waals surface area (Å²) < 4.78 is 57.8. The number of anilines is 3. The number of morpholine rings is 1. The number of amides is 2. The highest BCUT2D eigenvalue weighted by Gasteiger charge is 2.58. The number of benzene rings is 1. The molecule has 1 aliphatic carbocycles. The molecule has 0 spiro atoms. The van der Waals surface area contributed by atoms with Gasteiger partial charge in [0, 0.05) is 50.2 Å². The molecule has 3 atom stereocenters. The van der Waals surface area contributed by atoms with Gasteiger partial charge in [0.2, 0.25) is 0 Å². The average molecular weight is 688 g/mol. The summed E-state index contributed by atoms with van der Waals surface area (Å²) in [5.74, 6) is 0.891. The molecule has 0 bridgehead atoms. The third-order valence-electron chi connectivity index (χ3n) is 11.0. The summed E-state index contributed by atoms with van der Waals surface area (Å²) >= 11 is 0. The van der Waals surface area contributed by atoms with Crippen molar-refractivity contribution in [2.45, 2.75) is 102 Å². The van der Waals surface area contributed by atoms with Crippen LogP contribution >= 0.6 is 0 Å². The van der Waals surface area contributed by atoms with Gasteiger partial charge in [0.1, 0.15) is 11.6 Å². The van der Waals surface area contributed by atoms with Crippen LogP contribution in [0, 0.1) is 12.8 Å². The second kappa shape index (κ2) is 13.2. The van der Waals surface area contributed by atoms with Gasteiger partial charge in [-0.15, -0.1) is 0 Å². The molecule has 14 heteroatoms. The summed E-state index contributed by atoms with van der Waals surface area (Å²) in [6.07, 6.45) is -3.50. The van der Waals surface area contributed by atoms with Crippen molar-refractivity contribution in [3.8, 4) is 0 Å². The van der Waals surface area contributed by atoms with E-state index in [1.165, 1.54) is 4.90 Å². The van der Waals surface area contributed by atoms with Crippen LogP contribution in [-0.2, 0) is 14.0 Å². The number of aromatic nitrogens is 1. The van der Waals surface area contributed by atoms with Crippen LogP contribution in [0.2, 0.25) is 0 Å². The number of rotatable bonds is 8. The minimum atomic E-state index is -4.25. The van der Waals surface area contributed by atoms with E-state index in [2.05, 4.69) is 41.5 Å². The van der Waals surface area contributed by atoms with Crippen molar-refractivity contribution in [3.63, 3.8) is 0 Å². The number of pyridine rings is 1. The number of hydrogen-bond acceptors (Lipinski definition) is 8. The lowest BCUT2D eigenvalue weighted by molar-refractivity contribution is -0.143. The summed E-state index contributed by atoms with van der Waals surface area (Å²) in [4.78, 5) is 21.7. The largest absolute Gasteiger partial charge is 0.495 e. The number of nitrogens with zero attached hydrogens (tertiary/aromatic N) is 3. The molecule has 10 nitrogen and oxygen atoms in total. The molecule has 1 saturated carbocycles. The Kier molecular flexibility index (Phi) is 9.66. The molecule has 3 saturated heterocycles. The Morgan fingerprint density at radius 3 is 2.49 bits per heavy atom. The minimum absolute atomic E-state index is 0.0737. The minimum Gasteiger partial charge on any atom is -0.399 e. The lowest BCUT2D eigenvalue weighted by Crippen LogP contribution is -2.49. The van der Waals surface area contributed by atoms with E-state index >= 15 is 0 Å². The Labute approximate surface area is 287 Å². The fourth-order valence-electron chi connectivity index (χ4n) is 7.66. The first-order valence-corrected chi connectivity index (χ1v) is 17.3. The molecule has 0 radical (unpaired) electrons. The summed E-state index contributed by atoms with van der Waals surface area (Å²) in [5.41, 5.74) is 1.07. The normalized spacial score (nSPS) is 29.1. The van der Waals surface area contributed by atoms with Gasteiger partial charge in [0.05, 0.1) is 30.0 Å². The lowest BCUT2D eigenvalue weighted by atomic mass is 9.74. The predicted molar refractivity (Wildman–Crippen MR) is 184 cm³/mol. The van der Waals surface area contributed by atoms with Crippen LogP contribution < -0.4 is 21.0 Å². The smallest absolute Gasteiger partial charge is 0.399 e. The number of aryl methyl sites for hydroxylation is 1. The summed E-state index contributed by atoms with van der Waals surface area (Å²) in [6, 6.07) is 9.39. The van der Waals surface area contributed by atoms with Gasteiger partial charge in [-0.05, 0) is 95.1 Å². The van der Waals surface area contributed by atoms with Gasteiger partial charge in [0.25, 0.3) is 0 Å². The Hall–Kier alpha value is -3.07. The number of hydrogen-bond donors (Lipinski definition) is 3. The maximum atomic E-state index is 13.0. The Bertz CT molecular complexity index is 1530. The highest BCUT2D eigenvalue weighted by molar-refractivity contribution is 6.62. The molecule has 2 aromatic rings. The van der Waals surface area contributed by atoms with Crippen LogP contribution in [0.25, 0.3) is 0 Å². The SMILES string of the molecule is Cc1ccc(NC(=O)N2CC[C@@H](CC(F)(F)F)C2)cc1B1OC(C)(C)C(C)(C(C)c2cc(NC3CC(C)(O)C3)nc(N3CCOCC3)c2)O1. The zero-order valence-electron chi connectivity index (χ0n) is 29.3. The number of aliphatic hydroxyl groups is 1. The average Bonchev–Trinajstić information content (AvgIpc) is 3.57. The summed E-state index contributed by atoms with van der Waals surface area (Å²) in [7, 11) is -0.724. The molecule has 268 valence electrons. The van der Waals surface area contributed by atoms with Gasteiger partial charge in [-0.1, -0.05) is 18.6 Å². The monoisotopic (exact) mass is 687 g/mol. The quantitative estimate of drug-likeness (QED) is 0.315. The molecule has 4 fully saturated rings. The number of urea groups is 1. The third kappa shape index (κ3) is 7.82. The van der Waals surface area contributed by atoms with Crippen LogP contribution in [0.5, 0.6) is 0 Å². The van der Waals surface area contributed by atoms with E-state index in [-0.39, 0.29) is 25.0 Å². The van der Waals surface area contributed by atoms with E-state index < -0.39 is 48.5 Å². The molecule has 4 aliphatic rings. The number of halogens is 3. The number of nitrogens with one attached hydrogen (secondary N) is 2. The molecular formula is C35H49BF3N5O5. The maximum Gasteiger partial charge on any atom is 0.495 e. The fourth-order valence-corrected chi connectivity index (χ4v) is 7.66. The molecule has 1 aromatic heterocycles. The first-order chi connectivity index (χ1) is 22.9. The van der Waals surface area contributed by atoms with Gasteiger partial charge in [0.15, 0.2) is 0 Å². The number of carbonyl (C=O) groups is 1. The molecule has 49 heavy (non-hydrogen) atoms. The van der Waals surface area contributed by atoms with Crippen molar-refractivity contribution in [2.24, 2.45) is 5.92 Å². The fraction of sp³-hybridized carbons (Fsp3) is 0.657. The van der Waals surface area contributed by atoms with Crippen molar-refractivity contribution >= 4 is 35.9 Å². The molecule has 1 aromatic carbocycles. The number of ether oxygens (including phenoxy) is 1. The van der Waals surface area contributed by atoms with Gasteiger partial charge >= 0.3 is 19.3 Å². The van der Waals surface area contributed by atoms with Gasteiger partial charge < -0.3 is 39.6 Å². The Balaban J connectivity index is 1.20. The molecule has 6 rings (SSSR count). The van der Waals surface area contributed by atoms with Crippen LogP contribution in [0.3, 0.4) is 0 Å². The number of likely N-dealkylation sites (tertiary alicyclic amines) is 1. The Morgan fingerprint density at radius 2 is 1.82 bits per heavy atom. The molecule has 4 heterocycles. The van der Waals surface area contributed by atoms with Crippen LogP contribution in [0.15, 0.2) is 30.3 Å². The van der Waals surface area contributed by atoms with E-state index in [9.17, 15) is 23.1 Å². The summed E-state index contributed by atoms with van der Waals surface area (Å²) in [5, 5.41) is 16.7. The van der Waals surface area contributed by atoms with Crippen LogP contribution in [0.1, 0.15) is 77.3 Å². The van der Waals surface area contributed by atoms with Gasteiger partial charge in [-0.25, -0.2) is 9.78 Å². The number of alkyl halides is 3. The molecule has 2 unspecified atom stereocenters. The van der Waals surface area contributed by atoms with Crippen LogP contribution in [0.4, 0.5) is 35.3 Å². The van der Waals surface area contributed by atoms with Crippen LogP contribution in [-0.4, -0.2) is 96.6 Å². The second-order valence-electron chi connectivity index (χ2n) is 15.3. The zero-order valence-corrected chi connectivity index (χ0v) is 29.3. The maximum absolute atomic E-state index is 13.0. The molecular weight excluding hydrogens is 638 g/mol. The topological polar surface area (TPSA) is 108 Å². The zero-order chi connectivity index (χ0) is 35.4. The first kappa shape index (κ1) is 35.8. The van der Waals surface area contributed by atoms with E-state index in [0.717, 1.165) is 41.3 Å². The van der Waals surface area contributed by atoms with Crippen molar-refractivity contribution < 1.29 is 37.1 Å². The lowest BCUT2D eigenvalue weighted by Gasteiger charge is -2.43. The second-order valence-corrected chi connectivity index (χ2v) is 15.3. The van der Waals surface area contributed by atoms with E-state index in [4.69, 9.17) is 19.0 Å². The van der Waals surface area contributed by atoms with Crippen molar-refractivity contribution in [1.29, 1.82) is 0 Å². The van der Waals surface area contributed by atoms with E-state index in [1.54, 1.807) is 6.07 Å². The molecule has 3 aliphatic heterocycles. The highest BCUT2D eigenvalue weighted by atomic mass is 19.4. The number of carbonyl (C=O) groups excluding carboxylic acids is 1. The van der Waals surface area contributed by atoms with E-state index in [1.807, 2.05) is 39.8 Å². The highest BCUT2D eigenvalue weighted by Crippen LogP contribution is 2.47. The third-order valence-corrected chi connectivity index (χ3v) is 11.0. The first-order valence-electron chi connectivity index (χ1n) is 17.3. The molecule has 2 amide bonds. The van der Waals surface area contributed by atoms with Gasteiger partial charge in [-0.2, -0.15) is 13.2 Å². The summed E-state index contributed by atoms with van der Waals surface area (Å²) in [6.45, 7) is 15.2. The Morgan fingerprint density at radius 1 is 1.10 bits per heavy atom. The predicted octanol–water partition coefficient (Wildman–Crippen LogP) is 5.44. The standard InChI is InChI=1S/C35H49BF3N5O5/c1-22-7-8-26(41-31(45)44-10-9-24(21-44)18-35(37,38)39)17-28(22)36-48-32(3,4)34(6,49-36)23(2)25-15-29(40-27-19-33(5,46)20-27)42-30(16-25)43-11-13-47-14-12-43/h7-8,15-17,23-24,27,46H,9-14,18-21H2,1-6H3,(H,40,42)(H,41,45)/t23?,24-,27?,33?,34?/m0/s1. The van der Waals surface area contributed by atoms with Crippen molar-refractivity contribution in [2.75, 3.05) is 54.9 Å². The van der Waals surface area contributed by atoms with Crippen molar-refractivity contribution in [1.82, 2.24) is 9.88 Å². The van der Waals surface area contributed by atoms with Crippen molar-refractivity contribution in [3.05, 3.63) is 41.5 Å². The van der Waals surface area contributed by atoms with Gasteiger partial charge in [-0.3, -0.25) is 0 Å².